The second-order valence-corrected chi connectivity index (χ2v) is 14.4. The van der Waals surface area contributed by atoms with E-state index >= 15 is 4.39 Å². The number of halogens is 1. The molecule has 0 heterocycles. The van der Waals surface area contributed by atoms with Crippen molar-refractivity contribution in [3.8, 4) is 11.1 Å². The molecule has 0 bridgehead atoms. The molecule has 0 aliphatic heterocycles. The highest BCUT2D eigenvalue weighted by atomic mass is 31.2. The number of amides is 2. The standard InChI is InChI=1S/C41H38FN2O6P/c1-29-21-23-32(24-22-29)43-39(45)41(2,44-40(46)48-28-37-35-19-11-9-17-33(35)34-18-10-12-20-36(34)37)25-38(42)51(47,49-26-30-13-5-3-6-14-30)50-27-31-15-7-4-8-16-31/h3-25,37H,26-28H2,1-2H3,(H,43,45)(H,44,46)/b38-25+. The predicted octanol–water partition coefficient (Wildman–Crippen LogP) is 9.67. The zero-order chi connectivity index (χ0) is 35.8. The van der Waals surface area contributed by atoms with Crippen LogP contribution in [-0.4, -0.2) is 24.1 Å². The molecule has 0 aromatic heterocycles. The molecule has 1 aliphatic rings. The van der Waals surface area contributed by atoms with Crippen molar-refractivity contribution in [3.63, 3.8) is 0 Å². The van der Waals surface area contributed by atoms with Crippen LogP contribution in [0.3, 0.4) is 0 Å². The Bertz CT molecular complexity index is 1980. The molecule has 0 fully saturated rings. The van der Waals surface area contributed by atoms with E-state index in [0.717, 1.165) is 33.9 Å². The van der Waals surface area contributed by atoms with Gasteiger partial charge in [-0.15, -0.1) is 0 Å². The van der Waals surface area contributed by atoms with Crippen molar-refractivity contribution in [2.24, 2.45) is 0 Å². The SMILES string of the molecule is Cc1ccc(NC(=O)C(C)(/C=C(\F)P(=O)(OCc2ccccc2)OCc2ccccc2)NC(=O)OCC2c3ccccc3-c3ccccc32)cc1. The molecule has 2 N–H and O–H groups in total. The molecule has 0 saturated carbocycles. The fourth-order valence-electron chi connectivity index (χ4n) is 5.85. The van der Waals surface area contributed by atoms with Gasteiger partial charge in [-0.3, -0.25) is 18.4 Å². The molecular weight excluding hydrogens is 666 g/mol. The van der Waals surface area contributed by atoms with Crippen LogP contribution in [-0.2, 0) is 36.4 Å². The van der Waals surface area contributed by atoms with Crippen LogP contribution in [0.25, 0.3) is 11.1 Å². The Balaban J connectivity index is 1.27. The fourth-order valence-corrected chi connectivity index (χ4v) is 7.22. The number of hydrogen-bond acceptors (Lipinski definition) is 6. The summed E-state index contributed by atoms with van der Waals surface area (Å²) in [6.45, 7) is 2.67. The van der Waals surface area contributed by atoms with E-state index in [2.05, 4.69) is 10.6 Å². The minimum atomic E-state index is -4.69. The highest BCUT2D eigenvalue weighted by Crippen LogP contribution is 2.58. The maximum Gasteiger partial charge on any atom is 0.408 e. The lowest BCUT2D eigenvalue weighted by Gasteiger charge is -2.28. The van der Waals surface area contributed by atoms with Crippen molar-refractivity contribution in [1.82, 2.24) is 5.32 Å². The molecule has 51 heavy (non-hydrogen) atoms. The molecule has 0 radical (unpaired) electrons. The first-order chi connectivity index (χ1) is 24.6. The number of hydrogen-bond donors (Lipinski definition) is 2. The van der Waals surface area contributed by atoms with Crippen molar-refractivity contribution in [2.45, 2.75) is 38.5 Å². The summed E-state index contributed by atoms with van der Waals surface area (Å²) in [5.41, 5.74) is 3.28. The molecular formula is C41H38FN2O6P. The number of fused-ring (bicyclic) bond motifs is 3. The van der Waals surface area contributed by atoms with E-state index in [4.69, 9.17) is 13.8 Å². The van der Waals surface area contributed by atoms with Gasteiger partial charge in [-0.2, -0.15) is 4.39 Å². The van der Waals surface area contributed by atoms with E-state index in [1.807, 2.05) is 67.6 Å². The Kier molecular flexibility index (Phi) is 10.9. The summed E-state index contributed by atoms with van der Waals surface area (Å²) in [6.07, 6.45) is -0.220. The zero-order valence-corrected chi connectivity index (χ0v) is 29.1. The lowest BCUT2D eigenvalue weighted by Crippen LogP contribution is -2.53. The Morgan fingerprint density at radius 1 is 0.745 bits per heavy atom. The summed E-state index contributed by atoms with van der Waals surface area (Å²) in [6, 6.07) is 40.4. The van der Waals surface area contributed by atoms with Gasteiger partial charge in [0.15, 0.2) is 0 Å². The van der Waals surface area contributed by atoms with Crippen LogP contribution < -0.4 is 10.6 Å². The second kappa shape index (κ2) is 15.7. The number of nitrogens with one attached hydrogen (secondary N) is 2. The first-order valence-electron chi connectivity index (χ1n) is 16.5. The van der Waals surface area contributed by atoms with Gasteiger partial charge >= 0.3 is 13.7 Å². The Labute approximate surface area is 296 Å². The van der Waals surface area contributed by atoms with Crippen molar-refractivity contribution in [3.05, 3.63) is 173 Å². The predicted molar refractivity (Wildman–Crippen MR) is 196 cm³/mol. The quantitative estimate of drug-likeness (QED) is 0.118. The monoisotopic (exact) mass is 704 g/mol. The smallest absolute Gasteiger partial charge is 0.408 e. The van der Waals surface area contributed by atoms with Crippen molar-refractivity contribution < 1.29 is 32.3 Å². The average molecular weight is 705 g/mol. The minimum Gasteiger partial charge on any atom is -0.449 e. The van der Waals surface area contributed by atoms with E-state index in [9.17, 15) is 14.2 Å². The van der Waals surface area contributed by atoms with Gasteiger partial charge in [0.05, 0.1) is 13.2 Å². The van der Waals surface area contributed by atoms with Crippen LogP contribution >= 0.6 is 7.60 Å². The number of carbonyl (C=O) groups is 2. The van der Waals surface area contributed by atoms with Gasteiger partial charge in [-0.25, -0.2) is 4.79 Å². The van der Waals surface area contributed by atoms with Crippen molar-refractivity contribution in [1.29, 1.82) is 0 Å². The summed E-state index contributed by atoms with van der Waals surface area (Å²) in [7, 11) is -4.69. The van der Waals surface area contributed by atoms with Crippen LogP contribution in [0, 0.1) is 6.92 Å². The Morgan fingerprint density at radius 3 is 1.76 bits per heavy atom. The molecule has 5 aromatic carbocycles. The van der Waals surface area contributed by atoms with Gasteiger partial charge in [-0.05, 0) is 65.4 Å². The van der Waals surface area contributed by atoms with Crippen LogP contribution in [0.15, 0.2) is 145 Å². The third-order valence-corrected chi connectivity index (χ3v) is 10.2. The van der Waals surface area contributed by atoms with Gasteiger partial charge in [-0.1, -0.05) is 127 Å². The van der Waals surface area contributed by atoms with Crippen LogP contribution in [0.5, 0.6) is 0 Å². The van der Waals surface area contributed by atoms with Crippen molar-refractivity contribution in [2.75, 3.05) is 11.9 Å². The third-order valence-electron chi connectivity index (χ3n) is 8.64. The van der Waals surface area contributed by atoms with Gasteiger partial charge in [0.2, 0.25) is 5.57 Å². The highest BCUT2D eigenvalue weighted by Gasteiger charge is 2.40. The molecule has 8 nitrogen and oxygen atoms in total. The number of rotatable bonds is 13. The van der Waals surface area contributed by atoms with Gasteiger partial charge in [0.1, 0.15) is 12.1 Å². The van der Waals surface area contributed by atoms with E-state index < -0.39 is 30.7 Å². The third kappa shape index (κ3) is 8.52. The molecule has 1 aliphatic carbocycles. The number of anilines is 1. The minimum absolute atomic E-state index is 0.0411. The van der Waals surface area contributed by atoms with E-state index in [1.54, 1.807) is 72.8 Å². The van der Waals surface area contributed by atoms with Gasteiger partial charge in [0.25, 0.3) is 5.91 Å². The van der Waals surface area contributed by atoms with Crippen LogP contribution in [0.1, 0.15) is 40.7 Å². The average Bonchev–Trinajstić information content (AvgIpc) is 3.47. The molecule has 0 spiro atoms. The maximum absolute atomic E-state index is 16.5. The fraction of sp³-hybridized carbons (Fsp3) is 0.171. The molecule has 1 atom stereocenters. The lowest BCUT2D eigenvalue weighted by molar-refractivity contribution is -0.120. The number of alkyl carbamates (subject to hydrolysis) is 1. The molecule has 1 unspecified atom stereocenters. The first kappa shape index (κ1) is 35.5. The van der Waals surface area contributed by atoms with Gasteiger partial charge < -0.3 is 15.4 Å². The number of ether oxygens (including phenoxy) is 1. The Hall–Kier alpha value is -5.34. The second-order valence-electron chi connectivity index (χ2n) is 12.5. The topological polar surface area (TPSA) is 103 Å². The van der Waals surface area contributed by atoms with Gasteiger partial charge in [0, 0.05) is 11.6 Å². The molecule has 6 rings (SSSR count). The lowest BCUT2D eigenvalue weighted by atomic mass is 9.98. The summed E-state index contributed by atoms with van der Waals surface area (Å²) in [4.78, 5) is 27.4. The van der Waals surface area contributed by atoms with Crippen LogP contribution in [0.2, 0.25) is 0 Å². The number of carbonyl (C=O) groups excluding carboxylic acids is 2. The summed E-state index contributed by atoms with van der Waals surface area (Å²) in [5, 5.41) is 5.24. The molecule has 5 aromatic rings. The maximum atomic E-state index is 16.5. The number of aryl methyl sites for hydroxylation is 1. The highest BCUT2D eigenvalue weighted by molar-refractivity contribution is 7.58. The first-order valence-corrected chi connectivity index (χ1v) is 18.0. The molecule has 10 heteroatoms. The normalized spacial score (nSPS) is 13.8. The number of benzene rings is 5. The zero-order valence-electron chi connectivity index (χ0n) is 28.3. The van der Waals surface area contributed by atoms with E-state index in [1.165, 1.54) is 6.92 Å². The largest absolute Gasteiger partial charge is 0.449 e. The molecule has 260 valence electrons. The Morgan fingerprint density at radius 2 is 1.24 bits per heavy atom. The van der Waals surface area contributed by atoms with Crippen molar-refractivity contribution >= 4 is 25.3 Å². The molecule has 2 amide bonds. The van der Waals surface area contributed by atoms with E-state index in [0.29, 0.717) is 16.8 Å². The summed E-state index contributed by atoms with van der Waals surface area (Å²) in [5.74, 6) is -1.06. The molecule has 0 saturated heterocycles. The summed E-state index contributed by atoms with van der Waals surface area (Å²) < 4.78 is 47.7. The summed E-state index contributed by atoms with van der Waals surface area (Å²) >= 11 is 0. The van der Waals surface area contributed by atoms with E-state index in [-0.39, 0.29) is 25.7 Å². The van der Waals surface area contributed by atoms with Crippen LogP contribution in [0.4, 0.5) is 14.9 Å².